The molecule has 0 spiro atoms. The van der Waals surface area contributed by atoms with Crippen LogP contribution in [0, 0.1) is 6.92 Å². The fourth-order valence-corrected chi connectivity index (χ4v) is 0.989. The summed E-state index contributed by atoms with van der Waals surface area (Å²) in [6.45, 7) is 2.68. The van der Waals surface area contributed by atoms with E-state index in [-0.39, 0.29) is 0 Å². The first-order chi connectivity index (χ1) is 4.74. The lowest BCUT2D eigenvalue weighted by Gasteiger charge is -1.95. The Morgan fingerprint density at radius 3 is 2.70 bits per heavy atom. The molecule has 0 unspecified atom stereocenters. The number of pyridine rings is 1. The monoisotopic (exact) mass is 137 g/mol. The second-order valence-electron chi connectivity index (χ2n) is 2.51. The molecule has 1 heterocycles. The normalized spacial score (nSPS) is 9.90. The van der Waals surface area contributed by atoms with Crippen molar-refractivity contribution in [2.75, 3.05) is 0 Å². The molecule has 10 heavy (non-hydrogen) atoms. The Labute approximate surface area is 61.3 Å². The Bertz CT molecular complexity index is 231. The van der Waals surface area contributed by atoms with Gasteiger partial charge in [-0.15, -0.1) is 0 Å². The van der Waals surface area contributed by atoms with E-state index < -0.39 is 0 Å². The van der Waals surface area contributed by atoms with Gasteiger partial charge >= 0.3 is 0 Å². The average molecular weight is 137 g/mol. The van der Waals surface area contributed by atoms with Crippen LogP contribution in [0.2, 0.25) is 0 Å². The summed E-state index contributed by atoms with van der Waals surface area (Å²) in [6.07, 6.45) is 2.07. The van der Waals surface area contributed by atoms with Gasteiger partial charge < -0.3 is 5.73 Å². The smallest absolute Gasteiger partial charge is 0.194 e. The van der Waals surface area contributed by atoms with Crippen LogP contribution < -0.4 is 10.3 Å². The molecule has 1 aromatic rings. The Hall–Kier alpha value is -0.890. The van der Waals surface area contributed by atoms with Crippen LogP contribution in [0.25, 0.3) is 0 Å². The largest absolute Gasteiger partial charge is 0.322 e. The Kier molecular flexibility index (Phi) is 2.02. The van der Waals surface area contributed by atoms with Crippen molar-refractivity contribution in [1.29, 1.82) is 0 Å². The molecule has 2 heteroatoms. The van der Waals surface area contributed by atoms with Gasteiger partial charge in [0.25, 0.3) is 0 Å². The van der Waals surface area contributed by atoms with E-state index in [1.807, 2.05) is 7.05 Å². The molecule has 0 saturated heterocycles. The number of nitrogens with zero attached hydrogens (tertiary/aromatic N) is 1. The molecule has 2 N–H and O–H groups in total. The van der Waals surface area contributed by atoms with Crippen LogP contribution in [0.4, 0.5) is 0 Å². The highest BCUT2D eigenvalue weighted by atomic mass is 14.9. The first kappa shape index (κ1) is 7.22. The van der Waals surface area contributed by atoms with Crippen LogP contribution in [0.15, 0.2) is 18.3 Å². The molecule has 0 aromatic carbocycles. The maximum absolute atomic E-state index is 5.48. The van der Waals surface area contributed by atoms with E-state index in [1.54, 1.807) is 0 Å². The van der Waals surface area contributed by atoms with E-state index in [2.05, 4.69) is 29.8 Å². The maximum Gasteiger partial charge on any atom is 0.194 e. The molecule has 1 rings (SSSR count). The average Bonchev–Trinajstić information content (AvgIpc) is 1.88. The fraction of sp³-hybridized carbons (Fsp3) is 0.375. The minimum atomic E-state index is 0.608. The summed E-state index contributed by atoms with van der Waals surface area (Å²) in [5.74, 6) is 0. The first-order valence-corrected chi connectivity index (χ1v) is 3.39. The molecule has 0 radical (unpaired) electrons. The Morgan fingerprint density at radius 2 is 2.20 bits per heavy atom. The van der Waals surface area contributed by atoms with Gasteiger partial charge in [-0.2, -0.15) is 0 Å². The van der Waals surface area contributed by atoms with Crippen molar-refractivity contribution in [3.63, 3.8) is 0 Å². The van der Waals surface area contributed by atoms with Crippen molar-refractivity contribution in [2.24, 2.45) is 12.8 Å². The molecule has 0 aliphatic carbocycles. The number of aromatic nitrogens is 1. The second kappa shape index (κ2) is 2.80. The lowest BCUT2D eigenvalue weighted by molar-refractivity contribution is -0.679. The van der Waals surface area contributed by atoms with Gasteiger partial charge in [-0.25, -0.2) is 4.57 Å². The quantitative estimate of drug-likeness (QED) is 0.553. The van der Waals surface area contributed by atoms with Crippen molar-refractivity contribution in [1.82, 2.24) is 0 Å². The zero-order valence-electron chi connectivity index (χ0n) is 6.46. The molecule has 0 bridgehead atoms. The third kappa shape index (κ3) is 1.33. The fourth-order valence-electron chi connectivity index (χ4n) is 0.989. The van der Waals surface area contributed by atoms with Crippen molar-refractivity contribution in [3.8, 4) is 0 Å². The predicted molar refractivity (Wildman–Crippen MR) is 40.2 cm³/mol. The SMILES string of the molecule is Cc1ccc(CN)[n+](C)c1. The van der Waals surface area contributed by atoms with Gasteiger partial charge in [-0.05, 0) is 13.0 Å². The summed E-state index contributed by atoms with van der Waals surface area (Å²) in [5, 5.41) is 0. The third-order valence-electron chi connectivity index (χ3n) is 1.60. The van der Waals surface area contributed by atoms with Gasteiger partial charge in [0.05, 0.1) is 6.54 Å². The zero-order chi connectivity index (χ0) is 7.56. The number of hydrogen-bond donors (Lipinski definition) is 1. The highest BCUT2D eigenvalue weighted by Gasteiger charge is 2.01. The van der Waals surface area contributed by atoms with Gasteiger partial charge in [0.1, 0.15) is 7.05 Å². The summed E-state index contributed by atoms with van der Waals surface area (Å²) in [6, 6.07) is 4.12. The topological polar surface area (TPSA) is 29.9 Å². The molecule has 0 aliphatic rings. The molecule has 1 aromatic heterocycles. The predicted octanol–water partition coefficient (Wildman–Crippen LogP) is 0.278. The summed E-state index contributed by atoms with van der Waals surface area (Å²) >= 11 is 0. The first-order valence-electron chi connectivity index (χ1n) is 3.39. The lowest BCUT2D eigenvalue weighted by Crippen LogP contribution is -2.34. The minimum Gasteiger partial charge on any atom is -0.322 e. The standard InChI is InChI=1S/C8H13N2/c1-7-3-4-8(5-9)10(2)6-7/h3-4,6H,5,9H2,1-2H3/q+1. The highest BCUT2D eigenvalue weighted by molar-refractivity contribution is 5.06. The van der Waals surface area contributed by atoms with Crippen molar-refractivity contribution in [2.45, 2.75) is 13.5 Å². The van der Waals surface area contributed by atoms with Gasteiger partial charge in [0, 0.05) is 11.6 Å². The Morgan fingerprint density at radius 1 is 1.50 bits per heavy atom. The lowest BCUT2D eigenvalue weighted by atomic mass is 10.2. The van der Waals surface area contributed by atoms with Crippen LogP contribution in [0.5, 0.6) is 0 Å². The molecular weight excluding hydrogens is 124 g/mol. The summed E-state index contributed by atoms with van der Waals surface area (Å²) in [5.41, 5.74) is 7.90. The van der Waals surface area contributed by atoms with Crippen LogP contribution >= 0.6 is 0 Å². The summed E-state index contributed by atoms with van der Waals surface area (Å²) in [7, 11) is 2.01. The Balaban J connectivity index is 3.07. The molecule has 0 saturated carbocycles. The van der Waals surface area contributed by atoms with Gasteiger partial charge in [0.2, 0.25) is 0 Å². The van der Waals surface area contributed by atoms with E-state index >= 15 is 0 Å². The van der Waals surface area contributed by atoms with Gasteiger partial charge in [-0.3, -0.25) is 0 Å². The number of nitrogens with two attached hydrogens (primary N) is 1. The molecule has 0 aliphatic heterocycles. The molecule has 0 fully saturated rings. The summed E-state index contributed by atoms with van der Waals surface area (Å²) < 4.78 is 2.05. The van der Waals surface area contributed by atoms with Gasteiger partial charge in [-0.1, -0.05) is 0 Å². The van der Waals surface area contributed by atoms with Crippen LogP contribution in [-0.2, 0) is 13.6 Å². The second-order valence-corrected chi connectivity index (χ2v) is 2.51. The molecule has 54 valence electrons. The van der Waals surface area contributed by atoms with E-state index in [1.165, 1.54) is 5.56 Å². The molecule has 0 amide bonds. The molecular formula is C8H13N2+. The van der Waals surface area contributed by atoms with Crippen LogP contribution in [0.3, 0.4) is 0 Å². The highest BCUT2D eigenvalue weighted by Crippen LogP contribution is 1.93. The third-order valence-corrected chi connectivity index (χ3v) is 1.60. The maximum atomic E-state index is 5.48. The van der Waals surface area contributed by atoms with Crippen LogP contribution in [0.1, 0.15) is 11.3 Å². The minimum absolute atomic E-state index is 0.608. The van der Waals surface area contributed by atoms with Gasteiger partial charge in [0.15, 0.2) is 11.9 Å². The zero-order valence-corrected chi connectivity index (χ0v) is 6.46. The number of hydrogen-bond acceptors (Lipinski definition) is 1. The van der Waals surface area contributed by atoms with Crippen molar-refractivity contribution in [3.05, 3.63) is 29.6 Å². The van der Waals surface area contributed by atoms with E-state index in [0.29, 0.717) is 6.54 Å². The number of aryl methyl sites for hydroxylation is 2. The van der Waals surface area contributed by atoms with Crippen molar-refractivity contribution >= 4 is 0 Å². The van der Waals surface area contributed by atoms with E-state index in [0.717, 1.165) is 5.69 Å². The number of rotatable bonds is 1. The summed E-state index contributed by atoms with van der Waals surface area (Å²) in [4.78, 5) is 0. The molecule has 0 atom stereocenters. The van der Waals surface area contributed by atoms with E-state index in [9.17, 15) is 0 Å². The van der Waals surface area contributed by atoms with Crippen molar-refractivity contribution < 1.29 is 4.57 Å². The van der Waals surface area contributed by atoms with Crippen LogP contribution in [-0.4, -0.2) is 0 Å². The molecule has 2 nitrogen and oxygen atoms in total. The van der Waals surface area contributed by atoms with E-state index in [4.69, 9.17) is 5.73 Å².